The zero-order chi connectivity index (χ0) is 36.9. The number of hydrogen-bond donors (Lipinski definition) is 1. The van der Waals surface area contributed by atoms with Gasteiger partial charge in [0.15, 0.2) is 0 Å². The summed E-state index contributed by atoms with van der Waals surface area (Å²) < 4.78 is 8.83. The molecule has 0 aliphatic heterocycles. The van der Waals surface area contributed by atoms with E-state index in [1.165, 1.54) is 33.8 Å². The summed E-state index contributed by atoms with van der Waals surface area (Å²) in [4.78, 5) is 5.16. The molecule has 0 amide bonds. The number of quaternary nitrogens is 1. The molecule has 1 aliphatic rings. The Kier molecular flexibility index (Phi) is 8.12. The topological polar surface area (TPSA) is 70.8 Å². The zero-order valence-corrected chi connectivity index (χ0v) is 30.6. The molecule has 1 aliphatic carbocycles. The van der Waals surface area contributed by atoms with Gasteiger partial charge in [-0.2, -0.15) is 5.26 Å². The van der Waals surface area contributed by atoms with E-state index in [9.17, 15) is 5.26 Å². The van der Waals surface area contributed by atoms with Crippen LogP contribution < -0.4 is 5.32 Å². The van der Waals surface area contributed by atoms with Gasteiger partial charge in [-0.1, -0.05) is 110 Å². The largest absolute Gasteiger partial charge is 0.455 e. The van der Waals surface area contributed by atoms with E-state index in [2.05, 4.69) is 144 Å². The van der Waals surface area contributed by atoms with Gasteiger partial charge in [-0.15, -0.1) is 0 Å². The van der Waals surface area contributed by atoms with E-state index in [0.29, 0.717) is 23.9 Å². The van der Waals surface area contributed by atoms with E-state index in [0.717, 1.165) is 55.7 Å². The lowest BCUT2D eigenvalue weighted by Gasteiger charge is -2.18. The van der Waals surface area contributed by atoms with E-state index in [1.807, 2.05) is 42.5 Å². The Morgan fingerprint density at radius 3 is 2.29 bits per heavy atom. The summed E-state index contributed by atoms with van der Waals surface area (Å²) in [5, 5.41) is 16.6. The molecule has 3 unspecified atom stereocenters. The first-order valence-corrected chi connectivity index (χ1v) is 19.1. The average Bonchev–Trinajstić information content (AvgIpc) is 3.70. The van der Waals surface area contributed by atoms with E-state index in [4.69, 9.17) is 9.41 Å². The number of aromatic nitrogens is 1. The third-order valence-corrected chi connectivity index (χ3v) is 11.5. The van der Waals surface area contributed by atoms with E-state index in [-0.39, 0.29) is 6.04 Å². The molecule has 2 aromatic heterocycles. The van der Waals surface area contributed by atoms with Crippen molar-refractivity contribution in [2.24, 2.45) is 16.8 Å². The summed E-state index contributed by atoms with van der Waals surface area (Å²) in [6.45, 7) is 2.87. The van der Waals surface area contributed by atoms with Crippen molar-refractivity contribution in [2.45, 2.75) is 25.9 Å². The van der Waals surface area contributed by atoms with Crippen molar-refractivity contribution >= 4 is 49.6 Å². The van der Waals surface area contributed by atoms with E-state index < -0.39 is 0 Å². The van der Waals surface area contributed by atoms with Crippen LogP contribution in [0.15, 0.2) is 173 Å². The summed E-state index contributed by atoms with van der Waals surface area (Å²) in [5.41, 5.74) is 11.7. The molecule has 264 valence electrons. The lowest BCUT2D eigenvalue weighted by molar-refractivity contribution is -0.592. The molecular weight excluding hydrogens is 673 g/mol. The van der Waals surface area contributed by atoms with Crippen molar-refractivity contribution in [3.63, 3.8) is 0 Å². The van der Waals surface area contributed by atoms with Crippen LogP contribution >= 0.6 is 0 Å². The van der Waals surface area contributed by atoms with Gasteiger partial charge in [0, 0.05) is 44.3 Å². The van der Waals surface area contributed by atoms with Crippen LogP contribution in [0.1, 0.15) is 41.6 Å². The molecule has 0 saturated heterocycles. The predicted octanol–water partition coefficient (Wildman–Crippen LogP) is 11.1. The molecule has 2 heterocycles. The molecular formula is C50H39N4O+. The standard InChI is InChI=1S/C50H38N4O/c1-32-27-43(32)48(53-50(36-13-3-2-4-14-36)52-31-34-12-9-11-33(28-34)30-51)35-21-24-38(25-22-35)54-45-19-7-5-15-40(45)44-29-37(23-26-46(44)54)39-17-10-18-42-41-16-6-8-20-47(41)55-49(39)42/h2-26,28-29,32,43,48H,27,31H2,1H3,(H,52,53)/p+1. The van der Waals surface area contributed by atoms with Gasteiger partial charge in [-0.05, 0) is 84.1 Å². The lowest BCUT2D eigenvalue weighted by atomic mass is 9.99. The van der Waals surface area contributed by atoms with Crippen molar-refractivity contribution in [3.05, 3.63) is 186 Å². The summed E-state index contributed by atoms with van der Waals surface area (Å²) >= 11 is 0. The first-order valence-electron chi connectivity index (χ1n) is 19.1. The quantitative estimate of drug-likeness (QED) is 0.126. The number of benzene rings is 7. The highest BCUT2D eigenvalue weighted by Crippen LogP contribution is 2.46. The predicted molar refractivity (Wildman–Crippen MR) is 223 cm³/mol. The summed E-state index contributed by atoms with van der Waals surface area (Å²) in [7, 11) is 0. The maximum atomic E-state index is 9.45. The second kappa shape index (κ2) is 13.6. The minimum Gasteiger partial charge on any atom is -0.455 e. The monoisotopic (exact) mass is 711 g/mol. The Labute approximate surface area is 319 Å². The number of aliphatic imine (C=N–C) groups is 1. The maximum absolute atomic E-state index is 9.45. The number of nitrogens with zero attached hydrogens (tertiary/aromatic N) is 3. The number of hydrogen-bond acceptors (Lipinski definition) is 3. The minimum absolute atomic E-state index is 0.232. The second-order valence-electron chi connectivity index (χ2n) is 14.9. The van der Waals surface area contributed by atoms with Gasteiger partial charge in [-0.25, -0.2) is 4.99 Å². The fraction of sp³-hybridized carbons (Fsp3) is 0.120. The highest BCUT2D eigenvalue weighted by molar-refractivity contribution is 6.13. The van der Waals surface area contributed by atoms with Gasteiger partial charge < -0.3 is 8.98 Å². The number of amidine groups is 1. The maximum Gasteiger partial charge on any atom is 0.227 e. The molecule has 1 saturated carbocycles. The Hall–Kier alpha value is -6.74. The highest BCUT2D eigenvalue weighted by atomic mass is 16.3. The molecule has 0 bridgehead atoms. The second-order valence-corrected chi connectivity index (χ2v) is 14.9. The van der Waals surface area contributed by atoms with Crippen LogP contribution in [-0.4, -0.2) is 10.4 Å². The minimum atomic E-state index is 0.232. The van der Waals surface area contributed by atoms with Crippen molar-refractivity contribution in [1.29, 1.82) is 5.26 Å². The number of rotatable bonds is 8. The molecule has 5 heteroatoms. The Bertz CT molecular complexity index is 2950. The molecule has 7 aromatic carbocycles. The Morgan fingerprint density at radius 2 is 1.47 bits per heavy atom. The van der Waals surface area contributed by atoms with Crippen molar-refractivity contribution in [3.8, 4) is 22.9 Å². The van der Waals surface area contributed by atoms with Crippen LogP contribution in [-0.2, 0) is 6.54 Å². The number of fused-ring (bicyclic) bond motifs is 6. The number of nitrogens with two attached hydrogens (primary N) is 1. The molecule has 55 heavy (non-hydrogen) atoms. The van der Waals surface area contributed by atoms with Gasteiger partial charge in [0.05, 0.1) is 34.8 Å². The van der Waals surface area contributed by atoms with Gasteiger partial charge in [0.2, 0.25) is 5.84 Å². The molecule has 1 fully saturated rings. The van der Waals surface area contributed by atoms with Crippen LogP contribution in [0.25, 0.3) is 60.6 Å². The van der Waals surface area contributed by atoms with E-state index >= 15 is 0 Å². The number of furan rings is 1. The lowest BCUT2D eigenvalue weighted by Crippen LogP contribution is -2.89. The SMILES string of the molecule is CC1CC1C([NH2+]C(=NCc1cccc(C#N)c1)c1ccccc1)c1ccc(-n2c3ccccc3c3cc(-c4cccc5c4oc4ccccc45)ccc32)cc1. The Morgan fingerprint density at radius 1 is 0.745 bits per heavy atom. The molecule has 2 N–H and O–H groups in total. The summed E-state index contributed by atoms with van der Waals surface area (Å²) in [6.07, 6.45) is 1.20. The molecule has 0 radical (unpaired) electrons. The third-order valence-electron chi connectivity index (χ3n) is 11.5. The molecule has 5 nitrogen and oxygen atoms in total. The first-order chi connectivity index (χ1) is 27.1. The summed E-state index contributed by atoms with van der Waals surface area (Å²) in [5.74, 6) is 2.21. The van der Waals surface area contributed by atoms with Crippen molar-refractivity contribution in [1.82, 2.24) is 4.57 Å². The molecule has 10 rings (SSSR count). The third kappa shape index (κ3) is 5.98. The molecule has 9 aromatic rings. The highest BCUT2D eigenvalue weighted by Gasteiger charge is 2.43. The van der Waals surface area contributed by atoms with Gasteiger partial charge in [0.25, 0.3) is 0 Å². The smallest absolute Gasteiger partial charge is 0.227 e. The summed E-state index contributed by atoms with van der Waals surface area (Å²) in [6, 6.07) is 60.2. The van der Waals surface area contributed by atoms with Crippen LogP contribution in [0.4, 0.5) is 0 Å². The fourth-order valence-electron chi connectivity index (χ4n) is 8.49. The van der Waals surface area contributed by atoms with Gasteiger partial charge in [0.1, 0.15) is 17.2 Å². The molecule has 3 atom stereocenters. The van der Waals surface area contributed by atoms with Crippen LogP contribution in [0.2, 0.25) is 0 Å². The van der Waals surface area contributed by atoms with Crippen molar-refractivity contribution in [2.75, 3.05) is 0 Å². The molecule has 0 spiro atoms. The van der Waals surface area contributed by atoms with Gasteiger partial charge in [-0.3, -0.25) is 5.32 Å². The van der Waals surface area contributed by atoms with Gasteiger partial charge >= 0.3 is 0 Å². The Balaban J connectivity index is 1.02. The normalized spacial score (nSPS) is 16.2. The number of nitriles is 1. The number of para-hydroxylation sites is 3. The zero-order valence-electron chi connectivity index (χ0n) is 30.6. The van der Waals surface area contributed by atoms with Crippen LogP contribution in [0.3, 0.4) is 0 Å². The van der Waals surface area contributed by atoms with E-state index in [1.54, 1.807) is 0 Å². The van der Waals surface area contributed by atoms with Crippen molar-refractivity contribution < 1.29 is 9.73 Å². The fourth-order valence-corrected chi connectivity index (χ4v) is 8.49. The van der Waals surface area contributed by atoms with Crippen LogP contribution in [0, 0.1) is 23.2 Å². The first kappa shape index (κ1) is 32.9. The van der Waals surface area contributed by atoms with Crippen LogP contribution in [0.5, 0.6) is 0 Å². The average molecular weight is 712 g/mol.